The fourth-order valence-electron chi connectivity index (χ4n) is 2.21. The van der Waals surface area contributed by atoms with Crippen LogP contribution in [0.5, 0.6) is 0 Å². The van der Waals surface area contributed by atoms with Gasteiger partial charge in [-0.05, 0) is 13.3 Å². The highest BCUT2D eigenvalue weighted by atomic mass is 35.5. The Kier molecular flexibility index (Phi) is 9.20. The normalized spacial score (nSPS) is 18.0. The smallest absolute Gasteiger partial charge is 0.227 e. The van der Waals surface area contributed by atoms with Crippen molar-refractivity contribution < 1.29 is 4.79 Å². The number of amides is 1. The number of rotatable bonds is 3. The van der Waals surface area contributed by atoms with Gasteiger partial charge in [0.05, 0.1) is 5.92 Å². The molecular weight excluding hydrogens is 331 g/mol. The lowest BCUT2D eigenvalue weighted by Gasteiger charge is -2.26. The summed E-state index contributed by atoms with van der Waals surface area (Å²) in [6.07, 6.45) is 2.81. The summed E-state index contributed by atoms with van der Waals surface area (Å²) in [6, 6.07) is -0.0918. The fourth-order valence-corrected chi connectivity index (χ4v) is 2.91. The van der Waals surface area contributed by atoms with E-state index in [1.54, 1.807) is 11.3 Å². The molecule has 0 saturated carbocycles. The van der Waals surface area contributed by atoms with Crippen LogP contribution in [0, 0.1) is 5.92 Å². The van der Waals surface area contributed by atoms with Gasteiger partial charge in [0.15, 0.2) is 5.13 Å². The third-order valence-electron chi connectivity index (χ3n) is 3.68. The SMILES string of the molecule is CC(N)C(C)C(=O)N1CCCN(c2nccs2)CC1.Cl.Cl. The number of aromatic nitrogens is 1. The largest absolute Gasteiger partial charge is 0.346 e. The van der Waals surface area contributed by atoms with E-state index >= 15 is 0 Å². The molecule has 0 radical (unpaired) electrons. The average Bonchev–Trinajstić information content (AvgIpc) is 2.81. The number of thiazole rings is 1. The molecule has 1 fully saturated rings. The van der Waals surface area contributed by atoms with Gasteiger partial charge >= 0.3 is 0 Å². The zero-order chi connectivity index (χ0) is 13.8. The average molecular weight is 355 g/mol. The molecule has 0 spiro atoms. The molecular formula is C13H24Cl2N4OS. The van der Waals surface area contributed by atoms with Gasteiger partial charge in [-0.15, -0.1) is 36.2 Å². The summed E-state index contributed by atoms with van der Waals surface area (Å²) >= 11 is 1.65. The van der Waals surface area contributed by atoms with E-state index in [1.165, 1.54) is 0 Å². The first-order valence-electron chi connectivity index (χ1n) is 6.78. The van der Waals surface area contributed by atoms with Gasteiger partial charge in [0.2, 0.25) is 5.91 Å². The second-order valence-corrected chi connectivity index (χ2v) is 6.00. The van der Waals surface area contributed by atoms with Gasteiger partial charge in [-0.3, -0.25) is 4.79 Å². The molecule has 0 aliphatic carbocycles. The fraction of sp³-hybridized carbons (Fsp3) is 0.692. The molecule has 2 atom stereocenters. The first kappa shape index (κ1) is 20.4. The predicted octanol–water partition coefficient (Wildman–Crippen LogP) is 2.01. The van der Waals surface area contributed by atoms with Crippen LogP contribution in [0.4, 0.5) is 5.13 Å². The number of carbonyl (C=O) groups excluding carboxylic acids is 1. The van der Waals surface area contributed by atoms with Gasteiger partial charge in [0.25, 0.3) is 0 Å². The van der Waals surface area contributed by atoms with Crippen LogP contribution in [0.3, 0.4) is 0 Å². The van der Waals surface area contributed by atoms with Crippen molar-refractivity contribution in [3.05, 3.63) is 11.6 Å². The van der Waals surface area contributed by atoms with Crippen molar-refractivity contribution in [1.29, 1.82) is 0 Å². The van der Waals surface area contributed by atoms with Gasteiger partial charge < -0.3 is 15.5 Å². The molecule has 8 heteroatoms. The highest BCUT2D eigenvalue weighted by molar-refractivity contribution is 7.13. The van der Waals surface area contributed by atoms with E-state index in [9.17, 15) is 4.79 Å². The predicted molar refractivity (Wildman–Crippen MR) is 92.8 cm³/mol. The number of carbonyl (C=O) groups is 1. The minimum atomic E-state index is -0.105. The van der Waals surface area contributed by atoms with E-state index in [4.69, 9.17) is 5.73 Å². The van der Waals surface area contributed by atoms with E-state index < -0.39 is 0 Å². The van der Waals surface area contributed by atoms with Crippen LogP contribution in [0.1, 0.15) is 20.3 Å². The molecule has 0 aromatic carbocycles. The van der Waals surface area contributed by atoms with E-state index in [2.05, 4.69) is 9.88 Å². The number of hydrogen-bond acceptors (Lipinski definition) is 5. The summed E-state index contributed by atoms with van der Waals surface area (Å²) in [4.78, 5) is 20.8. The van der Waals surface area contributed by atoms with Crippen LogP contribution in [0.25, 0.3) is 0 Å². The molecule has 2 rings (SSSR count). The maximum absolute atomic E-state index is 12.3. The van der Waals surface area contributed by atoms with Crippen LogP contribution < -0.4 is 10.6 Å². The molecule has 1 amide bonds. The number of nitrogens with zero attached hydrogens (tertiary/aromatic N) is 3. The molecule has 1 aromatic rings. The van der Waals surface area contributed by atoms with Gasteiger partial charge in [0, 0.05) is 43.8 Å². The third kappa shape index (κ3) is 5.29. The van der Waals surface area contributed by atoms with Gasteiger partial charge in [0.1, 0.15) is 0 Å². The van der Waals surface area contributed by atoms with Crippen LogP contribution in [-0.4, -0.2) is 48.0 Å². The van der Waals surface area contributed by atoms with E-state index in [-0.39, 0.29) is 42.7 Å². The van der Waals surface area contributed by atoms with Crippen LogP contribution >= 0.6 is 36.2 Å². The summed E-state index contributed by atoms with van der Waals surface area (Å²) in [6.45, 7) is 7.20. The number of nitrogens with two attached hydrogens (primary N) is 1. The lowest BCUT2D eigenvalue weighted by Crippen LogP contribution is -2.43. The second-order valence-electron chi connectivity index (χ2n) is 5.13. The summed E-state index contributed by atoms with van der Waals surface area (Å²) in [5.74, 6) is 0.0717. The zero-order valence-electron chi connectivity index (χ0n) is 12.4. The van der Waals surface area contributed by atoms with Gasteiger partial charge in [-0.1, -0.05) is 6.92 Å². The van der Waals surface area contributed by atoms with Crippen molar-refractivity contribution in [3.63, 3.8) is 0 Å². The van der Waals surface area contributed by atoms with Crippen molar-refractivity contribution in [2.75, 3.05) is 31.1 Å². The zero-order valence-corrected chi connectivity index (χ0v) is 14.8. The molecule has 2 N–H and O–H groups in total. The number of anilines is 1. The Hall–Kier alpha value is -0.560. The molecule has 1 aliphatic rings. The van der Waals surface area contributed by atoms with Gasteiger partial charge in [-0.25, -0.2) is 4.98 Å². The standard InChI is InChI=1S/C13H22N4OS.2ClH/c1-10(11(2)14)12(18)16-5-3-6-17(8-7-16)13-15-4-9-19-13;;/h4,9-11H,3,5-8,14H2,1-2H3;2*1H. The lowest BCUT2D eigenvalue weighted by atomic mass is 10.0. The Balaban J connectivity index is 0.00000200. The van der Waals surface area contributed by atoms with E-state index in [0.29, 0.717) is 0 Å². The second kappa shape index (κ2) is 9.46. The van der Waals surface area contributed by atoms with Crippen molar-refractivity contribution in [2.45, 2.75) is 26.3 Å². The minimum absolute atomic E-state index is 0. The lowest BCUT2D eigenvalue weighted by molar-refractivity contribution is -0.135. The van der Waals surface area contributed by atoms with Crippen LogP contribution in [0.15, 0.2) is 11.6 Å². The van der Waals surface area contributed by atoms with E-state index in [1.807, 2.05) is 30.3 Å². The summed E-state index contributed by atoms with van der Waals surface area (Å²) < 4.78 is 0. The molecule has 5 nitrogen and oxygen atoms in total. The number of hydrogen-bond donors (Lipinski definition) is 1. The monoisotopic (exact) mass is 354 g/mol. The Labute approximate surface area is 142 Å². The Morgan fingerprint density at radius 1 is 1.29 bits per heavy atom. The van der Waals surface area contributed by atoms with Crippen molar-refractivity contribution >= 4 is 47.2 Å². The molecule has 122 valence electrons. The highest BCUT2D eigenvalue weighted by Crippen LogP contribution is 2.19. The van der Waals surface area contributed by atoms with Crippen LogP contribution in [-0.2, 0) is 4.79 Å². The number of halogens is 2. The van der Waals surface area contributed by atoms with Gasteiger partial charge in [-0.2, -0.15) is 0 Å². The third-order valence-corrected chi connectivity index (χ3v) is 4.51. The molecule has 1 saturated heterocycles. The molecule has 1 aliphatic heterocycles. The maximum Gasteiger partial charge on any atom is 0.227 e. The van der Waals surface area contributed by atoms with Crippen molar-refractivity contribution in [3.8, 4) is 0 Å². The Bertz CT molecular complexity index is 416. The maximum atomic E-state index is 12.3. The van der Waals surface area contributed by atoms with Crippen molar-refractivity contribution in [2.24, 2.45) is 11.7 Å². The van der Waals surface area contributed by atoms with E-state index in [0.717, 1.165) is 37.7 Å². The topological polar surface area (TPSA) is 62.5 Å². The summed E-state index contributed by atoms with van der Waals surface area (Å²) in [5.41, 5.74) is 5.82. The molecule has 2 heterocycles. The highest BCUT2D eigenvalue weighted by Gasteiger charge is 2.25. The Morgan fingerprint density at radius 2 is 2.00 bits per heavy atom. The Morgan fingerprint density at radius 3 is 2.57 bits per heavy atom. The molecule has 1 aromatic heterocycles. The summed E-state index contributed by atoms with van der Waals surface area (Å²) in [7, 11) is 0. The first-order chi connectivity index (χ1) is 9.09. The molecule has 0 bridgehead atoms. The van der Waals surface area contributed by atoms with Crippen LogP contribution in [0.2, 0.25) is 0 Å². The summed E-state index contributed by atoms with van der Waals surface area (Å²) in [5, 5.41) is 3.04. The quantitative estimate of drug-likeness (QED) is 0.901. The molecule has 2 unspecified atom stereocenters. The molecule has 21 heavy (non-hydrogen) atoms. The first-order valence-corrected chi connectivity index (χ1v) is 7.66. The minimum Gasteiger partial charge on any atom is -0.346 e. The van der Waals surface area contributed by atoms with Crippen molar-refractivity contribution in [1.82, 2.24) is 9.88 Å².